The first-order valence-electron chi connectivity index (χ1n) is 3.44. The number of aromatic nitrogens is 3. The summed E-state index contributed by atoms with van der Waals surface area (Å²) < 4.78 is 1.35. The van der Waals surface area contributed by atoms with Gasteiger partial charge in [-0.05, 0) is 0 Å². The second-order valence-electron chi connectivity index (χ2n) is 2.45. The summed E-state index contributed by atoms with van der Waals surface area (Å²) in [5.74, 6) is -0.915. The minimum Gasteiger partial charge on any atom is -0.505 e. The van der Waals surface area contributed by atoms with Gasteiger partial charge in [0, 0.05) is 6.20 Å². The van der Waals surface area contributed by atoms with Crippen molar-refractivity contribution in [2.75, 3.05) is 0 Å². The zero-order valence-corrected chi connectivity index (χ0v) is 6.38. The van der Waals surface area contributed by atoms with Crippen LogP contribution in [0.5, 0.6) is 5.75 Å². The molecule has 2 aromatic heterocycles. The maximum Gasteiger partial charge on any atom is 0.356 e. The SMILES string of the molecule is O=C(O)c1cn2cc(O)cnc2n1. The predicted molar refractivity (Wildman–Crippen MR) is 41.6 cm³/mol. The van der Waals surface area contributed by atoms with Gasteiger partial charge in [-0.15, -0.1) is 0 Å². The number of carboxylic acids is 1. The van der Waals surface area contributed by atoms with Gasteiger partial charge in [-0.25, -0.2) is 14.8 Å². The average Bonchev–Trinajstić information content (AvgIpc) is 2.46. The van der Waals surface area contributed by atoms with E-state index in [2.05, 4.69) is 9.97 Å². The highest BCUT2D eigenvalue weighted by atomic mass is 16.4. The number of hydrogen-bond acceptors (Lipinski definition) is 4. The standard InChI is InChI=1S/C7H5N3O3/c11-4-1-8-7-9-5(6(12)13)3-10(7)2-4/h1-3,11H,(H,12,13). The normalized spacial score (nSPS) is 10.5. The molecular formula is C7H5N3O3. The first-order chi connectivity index (χ1) is 6.16. The van der Waals surface area contributed by atoms with Crippen molar-refractivity contribution in [1.82, 2.24) is 14.4 Å². The Labute approximate surface area is 72.1 Å². The molecule has 0 bridgehead atoms. The lowest BCUT2D eigenvalue weighted by atomic mass is 10.5. The molecule has 2 rings (SSSR count). The molecule has 0 amide bonds. The third-order valence-corrected chi connectivity index (χ3v) is 1.52. The molecule has 2 aromatic rings. The number of imidazole rings is 1. The van der Waals surface area contributed by atoms with E-state index in [0.717, 1.165) is 0 Å². The van der Waals surface area contributed by atoms with Crippen molar-refractivity contribution >= 4 is 11.7 Å². The summed E-state index contributed by atoms with van der Waals surface area (Å²) in [6, 6.07) is 0. The van der Waals surface area contributed by atoms with Gasteiger partial charge in [0.2, 0.25) is 5.78 Å². The Balaban J connectivity index is 2.68. The van der Waals surface area contributed by atoms with E-state index >= 15 is 0 Å². The summed E-state index contributed by atoms with van der Waals surface area (Å²) in [5.41, 5.74) is -0.0990. The fraction of sp³-hybridized carbons (Fsp3) is 0. The van der Waals surface area contributed by atoms with Crippen LogP contribution in [0.25, 0.3) is 5.78 Å². The number of aromatic carboxylic acids is 1. The van der Waals surface area contributed by atoms with Gasteiger partial charge in [0.1, 0.15) is 0 Å². The third kappa shape index (κ3) is 1.18. The Morgan fingerprint density at radius 1 is 1.46 bits per heavy atom. The largest absolute Gasteiger partial charge is 0.505 e. The van der Waals surface area contributed by atoms with Gasteiger partial charge in [-0.1, -0.05) is 0 Å². The van der Waals surface area contributed by atoms with Gasteiger partial charge in [-0.2, -0.15) is 0 Å². The maximum atomic E-state index is 10.5. The number of aromatic hydroxyl groups is 1. The van der Waals surface area contributed by atoms with E-state index in [4.69, 9.17) is 10.2 Å². The molecule has 0 saturated heterocycles. The van der Waals surface area contributed by atoms with Crippen LogP contribution in [0.15, 0.2) is 18.6 Å². The molecule has 0 atom stereocenters. The fourth-order valence-corrected chi connectivity index (χ4v) is 0.977. The number of nitrogens with zero attached hydrogens (tertiary/aromatic N) is 3. The monoisotopic (exact) mass is 179 g/mol. The van der Waals surface area contributed by atoms with Crippen LogP contribution in [0, 0.1) is 0 Å². The van der Waals surface area contributed by atoms with Crippen LogP contribution < -0.4 is 0 Å². The van der Waals surface area contributed by atoms with Crippen LogP contribution >= 0.6 is 0 Å². The second-order valence-corrected chi connectivity index (χ2v) is 2.45. The Bertz CT molecular complexity index is 477. The van der Waals surface area contributed by atoms with E-state index in [1.807, 2.05) is 0 Å². The summed E-state index contributed by atoms with van der Waals surface area (Å²) in [5, 5.41) is 17.6. The molecule has 0 fully saturated rings. The topological polar surface area (TPSA) is 87.7 Å². The predicted octanol–water partition coefficient (Wildman–Crippen LogP) is 0.133. The molecule has 6 nitrogen and oxygen atoms in total. The van der Waals surface area contributed by atoms with Gasteiger partial charge in [0.15, 0.2) is 11.4 Å². The Morgan fingerprint density at radius 2 is 2.23 bits per heavy atom. The summed E-state index contributed by atoms with van der Waals surface area (Å²) in [4.78, 5) is 17.9. The summed E-state index contributed by atoms with van der Waals surface area (Å²) in [6.45, 7) is 0. The Hall–Kier alpha value is -2.11. The van der Waals surface area contributed by atoms with Crippen molar-refractivity contribution in [3.63, 3.8) is 0 Å². The van der Waals surface area contributed by atoms with Gasteiger partial charge in [0.25, 0.3) is 0 Å². The quantitative estimate of drug-likeness (QED) is 0.649. The van der Waals surface area contributed by atoms with Crippen LogP contribution in [0.1, 0.15) is 10.5 Å². The molecule has 0 aliphatic rings. The summed E-state index contributed by atoms with van der Waals surface area (Å²) in [7, 11) is 0. The van der Waals surface area contributed by atoms with Gasteiger partial charge in [0.05, 0.1) is 12.4 Å². The van der Waals surface area contributed by atoms with Crippen LogP contribution in [-0.2, 0) is 0 Å². The third-order valence-electron chi connectivity index (χ3n) is 1.52. The highest BCUT2D eigenvalue weighted by Gasteiger charge is 2.08. The maximum absolute atomic E-state index is 10.5. The number of carboxylic acid groups (broad SMARTS) is 1. The van der Waals surface area contributed by atoms with E-state index in [0.29, 0.717) is 0 Å². The highest BCUT2D eigenvalue weighted by molar-refractivity contribution is 5.85. The number of carbonyl (C=O) groups is 1. The van der Waals surface area contributed by atoms with Crippen molar-refractivity contribution in [1.29, 1.82) is 0 Å². The average molecular weight is 179 g/mol. The molecule has 0 aromatic carbocycles. The minimum atomic E-state index is -1.12. The van der Waals surface area contributed by atoms with E-state index < -0.39 is 5.97 Å². The lowest BCUT2D eigenvalue weighted by molar-refractivity contribution is 0.0691. The minimum absolute atomic E-state index is 0.0400. The van der Waals surface area contributed by atoms with E-state index in [-0.39, 0.29) is 17.2 Å². The lowest BCUT2D eigenvalue weighted by Crippen LogP contribution is -1.94. The lowest BCUT2D eigenvalue weighted by Gasteiger charge is -1.91. The van der Waals surface area contributed by atoms with Crippen molar-refractivity contribution in [2.24, 2.45) is 0 Å². The molecule has 0 spiro atoms. The van der Waals surface area contributed by atoms with E-state index in [9.17, 15) is 4.79 Å². The number of rotatable bonds is 1. The van der Waals surface area contributed by atoms with Gasteiger partial charge in [-0.3, -0.25) is 4.40 Å². The summed E-state index contributed by atoms with van der Waals surface area (Å²) >= 11 is 0. The van der Waals surface area contributed by atoms with E-state index in [1.165, 1.54) is 23.0 Å². The second kappa shape index (κ2) is 2.44. The molecule has 0 saturated carbocycles. The van der Waals surface area contributed by atoms with E-state index in [1.54, 1.807) is 0 Å². The Morgan fingerprint density at radius 3 is 2.92 bits per heavy atom. The van der Waals surface area contributed by atoms with Gasteiger partial charge < -0.3 is 10.2 Å². The molecule has 66 valence electrons. The zero-order valence-electron chi connectivity index (χ0n) is 6.38. The molecule has 0 aliphatic heterocycles. The number of fused-ring (bicyclic) bond motifs is 1. The first-order valence-corrected chi connectivity index (χ1v) is 3.44. The molecule has 0 radical (unpaired) electrons. The Kier molecular flexibility index (Phi) is 1.42. The van der Waals surface area contributed by atoms with Crippen LogP contribution in [0.3, 0.4) is 0 Å². The molecule has 6 heteroatoms. The van der Waals surface area contributed by atoms with Crippen LogP contribution in [0.4, 0.5) is 0 Å². The van der Waals surface area contributed by atoms with Crippen LogP contribution in [-0.4, -0.2) is 30.6 Å². The zero-order chi connectivity index (χ0) is 9.42. The van der Waals surface area contributed by atoms with Crippen molar-refractivity contribution in [3.05, 3.63) is 24.3 Å². The fourth-order valence-electron chi connectivity index (χ4n) is 0.977. The summed E-state index contributed by atoms with van der Waals surface area (Å²) in [6.07, 6.45) is 3.82. The van der Waals surface area contributed by atoms with Crippen molar-refractivity contribution in [3.8, 4) is 5.75 Å². The highest BCUT2D eigenvalue weighted by Crippen LogP contribution is 2.08. The van der Waals surface area contributed by atoms with Crippen molar-refractivity contribution < 1.29 is 15.0 Å². The molecule has 0 aliphatic carbocycles. The van der Waals surface area contributed by atoms with Crippen LogP contribution in [0.2, 0.25) is 0 Å². The molecule has 2 heterocycles. The molecule has 2 N–H and O–H groups in total. The first kappa shape index (κ1) is 7.53. The molecular weight excluding hydrogens is 174 g/mol. The van der Waals surface area contributed by atoms with Gasteiger partial charge >= 0.3 is 5.97 Å². The van der Waals surface area contributed by atoms with Crippen molar-refractivity contribution in [2.45, 2.75) is 0 Å². The number of hydrogen-bond donors (Lipinski definition) is 2. The molecule has 13 heavy (non-hydrogen) atoms. The molecule has 0 unspecified atom stereocenters. The smallest absolute Gasteiger partial charge is 0.356 e.